The van der Waals surface area contributed by atoms with Crippen LogP contribution in [0.2, 0.25) is 0 Å². The monoisotopic (exact) mass is 191 g/mol. The molecule has 1 heterocycles. The number of aromatic nitrogens is 1. The summed E-state index contributed by atoms with van der Waals surface area (Å²) in [4.78, 5) is 15.3. The molecular weight excluding hydrogens is 178 g/mol. The van der Waals surface area contributed by atoms with Crippen LogP contribution >= 0.6 is 0 Å². The van der Waals surface area contributed by atoms with Crippen molar-refractivity contribution in [1.82, 2.24) is 4.98 Å². The molecule has 74 valence electrons. The predicted molar refractivity (Wildman–Crippen MR) is 56.4 cm³/mol. The van der Waals surface area contributed by atoms with Gasteiger partial charge in [-0.2, -0.15) is 0 Å². The highest BCUT2D eigenvalue weighted by Gasteiger charge is 2.00. The highest BCUT2D eigenvalue weighted by Crippen LogP contribution is 2.05. The third kappa shape index (κ3) is 1.99. The van der Waals surface area contributed by atoms with Crippen LogP contribution in [-0.2, 0) is 0 Å². The lowest BCUT2D eigenvalue weighted by molar-refractivity contribution is 0.467. The summed E-state index contributed by atoms with van der Waals surface area (Å²) in [7, 11) is 0. The first-order valence-electron chi connectivity index (χ1n) is 4.64. The van der Waals surface area contributed by atoms with Gasteiger partial charge in [-0.05, 0) is 12.1 Å². The summed E-state index contributed by atoms with van der Waals surface area (Å²) in [5.41, 5.74) is 0.365. The van der Waals surface area contributed by atoms with E-state index in [1.165, 1.54) is 0 Å². The molecule has 0 saturated heterocycles. The molecule has 0 spiro atoms. The van der Waals surface area contributed by atoms with Crippen LogP contribution in [-0.4, -0.2) is 4.98 Å². The molecule has 3 heteroatoms. The van der Waals surface area contributed by atoms with E-state index in [2.05, 4.69) is 4.98 Å². The largest absolute Gasteiger partial charge is 0.408 e. The molecule has 0 radical (unpaired) electrons. The summed E-state index contributed by atoms with van der Waals surface area (Å²) < 4.78 is 4.82. The summed E-state index contributed by atoms with van der Waals surface area (Å²) in [5.74, 6) is 0.402. The van der Waals surface area contributed by atoms with Crippen molar-refractivity contribution in [2.24, 2.45) is 0 Å². The Morgan fingerprint density at radius 1 is 1.21 bits per heavy atom. The molecule has 0 N–H and O–H groups in total. The Bertz CT molecular complexity index is 474. The molecule has 1 aromatic carbocycles. The Labute approximate surface area is 82.4 Å². The number of fused-ring (bicyclic) bond motifs is 1. The molecule has 0 bridgehead atoms. The van der Waals surface area contributed by atoms with Crippen molar-refractivity contribution in [3.05, 3.63) is 40.6 Å². The van der Waals surface area contributed by atoms with Gasteiger partial charge in [-0.15, -0.1) is 0 Å². The van der Waals surface area contributed by atoms with Crippen LogP contribution in [0.25, 0.3) is 10.9 Å². The Kier molecular flexibility index (Phi) is 3.40. The normalized spacial score (nSPS) is 9.36. The molecule has 0 saturated carbocycles. The number of aryl methyl sites for hydroxylation is 1. The first kappa shape index (κ1) is 10.4. The molecule has 0 amide bonds. The van der Waals surface area contributed by atoms with Crippen LogP contribution < -0.4 is 5.63 Å². The van der Waals surface area contributed by atoms with Gasteiger partial charge in [0.25, 0.3) is 0 Å². The third-order valence-corrected chi connectivity index (χ3v) is 1.64. The smallest absolute Gasteiger partial charge is 0.346 e. The van der Waals surface area contributed by atoms with Gasteiger partial charge in [0, 0.05) is 6.92 Å². The van der Waals surface area contributed by atoms with Gasteiger partial charge in [0.1, 0.15) is 0 Å². The maximum absolute atomic E-state index is 11.2. The SMILES string of the molecule is CC.Cc1nc2ccccc2c(=O)o1. The third-order valence-electron chi connectivity index (χ3n) is 1.64. The Hall–Kier alpha value is -1.64. The van der Waals surface area contributed by atoms with Crippen molar-refractivity contribution in [3.63, 3.8) is 0 Å². The summed E-state index contributed by atoms with van der Waals surface area (Å²) in [5, 5.41) is 0.531. The van der Waals surface area contributed by atoms with Crippen LogP contribution in [0.5, 0.6) is 0 Å². The number of para-hydroxylation sites is 1. The van der Waals surface area contributed by atoms with Gasteiger partial charge in [-0.3, -0.25) is 0 Å². The van der Waals surface area contributed by atoms with E-state index in [1.807, 2.05) is 19.9 Å². The Balaban J connectivity index is 0.000000461. The van der Waals surface area contributed by atoms with Gasteiger partial charge in [0.05, 0.1) is 10.9 Å². The van der Waals surface area contributed by atoms with E-state index < -0.39 is 0 Å². The van der Waals surface area contributed by atoms with Gasteiger partial charge < -0.3 is 4.42 Å². The minimum Gasteiger partial charge on any atom is -0.408 e. The van der Waals surface area contributed by atoms with Gasteiger partial charge >= 0.3 is 5.63 Å². The highest BCUT2D eigenvalue weighted by atomic mass is 16.4. The van der Waals surface area contributed by atoms with Crippen LogP contribution in [0, 0.1) is 6.92 Å². The highest BCUT2D eigenvalue weighted by molar-refractivity contribution is 5.76. The molecule has 0 aliphatic rings. The van der Waals surface area contributed by atoms with E-state index in [0.717, 1.165) is 0 Å². The first-order chi connectivity index (χ1) is 6.77. The fourth-order valence-electron chi connectivity index (χ4n) is 1.13. The fourth-order valence-corrected chi connectivity index (χ4v) is 1.13. The van der Waals surface area contributed by atoms with Crippen molar-refractivity contribution in [2.75, 3.05) is 0 Å². The van der Waals surface area contributed by atoms with E-state index in [-0.39, 0.29) is 5.63 Å². The Morgan fingerprint density at radius 2 is 1.86 bits per heavy atom. The molecule has 0 atom stereocenters. The maximum Gasteiger partial charge on any atom is 0.346 e. The van der Waals surface area contributed by atoms with Crippen molar-refractivity contribution < 1.29 is 4.42 Å². The van der Waals surface area contributed by atoms with Crippen LogP contribution in [0.15, 0.2) is 33.5 Å². The van der Waals surface area contributed by atoms with E-state index in [9.17, 15) is 4.79 Å². The molecule has 14 heavy (non-hydrogen) atoms. The number of benzene rings is 1. The van der Waals surface area contributed by atoms with Crippen molar-refractivity contribution >= 4 is 10.9 Å². The summed E-state index contributed by atoms with van der Waals surface area (Å²) >= 11 is 0. The minimum atomic E-state index is -0.321. The summed E-state index contributed by atoms with van der Waals surface area (Å²) in [6, 6.07) is 7.12. The number of hydrogen-bond donors (Lipinski definition) is 0. The summed E-state index contributed by atoms with van der Waals surface area (Å²) in [6.45, 7) is 5.66. The zero-order chi connectivity index (χ0) is 10.6. The Morgan fingerprint density at radius 3 is 2.57 bits per heavy atom. The standard InChI is InChI=1S/C9H7NO2.C2H6/c1-6-10-8-5-3-2-4-7(8)9(11)12-6;1-2/h2-5H,1H3;1-2H3. The van der Waals surface area contributed by atoms with Crippen molar-refractivity contribution in [2.45, 2.75) is 20.8 Å². The molecule has 2 rings (SSSR count). The van der Waals surface area contributed by atoms with E-state index in [4.69, 9.17) is 4.42 Å². The average molecular weight is 191 g/mol. The summed E-state index contributed by atoms with van der Waals surface area (Å²) in [6.07, 6.45) is 0. The van der Waals surface area contributed by atoms with Crippen LogP contribution in [0.3, 0.4) is 0 Å². The quantitative estimate of drug-likeness (QED) is 0.642. The fraction of sp³-hybridized carbons (Fsp3) is 0.273. The minimum absolute atomic E-state index is 0.321. The molecule has 0 fully saturated rings. The predicted octanol–water partition coefficient (Wildman–Crippen LogP) is 2.52. The number of rotatable bonds is 0. The molecule has 2 aromatic rings. The molecule has 0 unspecified atom stereocenters. The van der Waals surface area contributed by atoms with Gasteiger partial charge in [-0.1, -0.05) is 26.0 Å². The maximum atomic E-state index is 11.2. The van der Waals surface area contributed by atoms with Crippen LogP contribution in [0.1, 0.15) is 19.7 Å². The zero-order valence-corrected chi connectivity index (χ0v) is 8.57. The second-order valence-corrected chi connectivity index (χ2v) is 2.54. The average Bonchev–Trinajstić information content (AvgIpc) is 2.20. The van der Waals surface area contributed by atoms with Crippen molar-refractivity contribution in [1.29, 1.82) is 0 Å². The second-order valence-electron chi connectivity index (χ2n) is 2.54. The molecule has 1 aromatic heterocycles. The van der Waals surface area contributed by atoms with Gasteiger partial charge in [-0.25, -0.2) is 9.78 Å². The van der Waals surface area contributed by atoms with Crippen LogP contribution in [0.4, 0.5) is 0 Å². The zero-order valence-electron chi connectivity index (χ0n) is 8.57. The lowest BCUT2D eigenvalue weighted by Crippen LogP contribution is -2.02. The lowest BCUT2D eigenvalue weighted by Gasteiger charge is -1.94. The van der Waals surface area contributed by atoms with E-state index in [1.54, 1.807) is 25.1 Å². The van der Waals surface area contributed by atoms with E-state index >= 15 is 0 Å². The second kappa shape index (κ2) is 4.56. The first-order valence-corrected chi connectivity index (χ1v) is 4.64. The van der Waals surface area contributed by atoms with Gasteiger partial charge in [0.2, 0.25) is 0 Å². The topological polar surface area (TPSA) is 43.1 Å². The van der Waals surface area contributed by atoms with Gasteiger partial charge in [0.15, 0.2) is 5.89 Å². The molecule has 0 aliphatic carbocycles. The number of nitrogens with zero attached hydrogens (tertiary/aromatic N) is 1. The van der Waals surface area contributed by atoms with Crippen molar-refractivity contribution in [3.8, 4) is 0 Å². The molecular formula is C11H13NO2. The molecule has 3 nitrogen and oxygen atoms in total. The van der Waals surface area contributed by atoms with E-state index in [0.29, 0.717) is 16.8 Å². The number of hydrogen-bond acceptors (Lipinski definition) is 3. The molecule has 0 aliphatic heterocycles. The lowest BCUT2D eigenvalue weighted by atomic mass is 10.2.